The molecule has 1 aliphatic rings. The summed E-state index contributed by atoms with van der Waals surface area (Å²) in [6.45, 7) is 0.582. The van der Waals surface area contributed by atoms with Crippen LogP contribution in [0.1, 0.15) is 46.1 Å². The first-order chi connectivity index (χ1) is 16.9. The Morgan fingerprint density at radius 3 is 2.20 bits per heavy atom. The van der Waals surface area contributed by atoms with E-state index in [0.717, 1.165) is 22.3 Å². The Balaban J connectivity index is 1.27. The van der Waals surface area contributed by atoms with E-state index in [1.165, 1.54) is 17.3 Å². The number of hydrogen-bond acceptors (Lipinski definition) is 6. The van der Waals surface area contributed by atoms with Crippen LogP contribution in [0, 0.1) is 0 Å². The third-order valence-corrected chi connectivity index (χ3v) is 5.92. The minimum absolute atomic E-state index is 0.00536. The Hall–Kier alpha value is -4.27. The molecule has 0 unspecified atom stereocenters. The maximum Gasteiger partial charge on any atom is 0.407 e. The summed E-state index contributed by atoms with van der Waals surface area (Å²) < 4.78 is 5.50. The molecule has 180 valence electrons. The van der Waals surface area contributed by atoms with Crippen molar-refractivity contribution in [3.8, 4) is 11.1 Å². The number of fused-ring (bicyclic) bond motifs is 3. The van der Waals surface area contributed by atoms with Crippen LogP contribution in [-0.4, -0.2) is 58.1 Å². The Morgan fingerprint density at radius 2 is 1.60 bits per heavy atom. The Bertz CT molecular complexity index is 1180. The minimum atomic E-state index is -0.901. The van der Waals surface area contributed by atoms with E-state index in [9.17, 15) is 14.4 Å². The molecule has 0 fully saturated rings. The maximum atomic E-state index is 12.4. The highest BCUT2D eigenvalue weighted by molar-refractivity contribution is 5.93. The highest BCUT2D eigenvalue weighted by Crippen LogP contribution is 2.44. The number of ether oxygens (including phenoxy) is 1. The SMILES string of the molecule is CN(CCCC(=O)O)C(=O)c1cnc(CNC(=O)OCC2c3ccccc3-c3ccccc32)nc1. The van der Waals surface area contributed by atoms with E-state index in [1.807, 2.05) is 24.3 Å². The van der Waals surface area contributed by atoms with Crippen LogP contribution >= 0.6 is 0 Å². The van der Waals surface area contributed by atoms with E-state index in [1.54, 1.807) is 7.05 Å². The van der Waals surface area contributed by atoms with Crippen LogP contribution < -0.4 is 5.32 Å². The molecule has 1 heterocycles. The molecule has 0 aliphatic heterocycles. The molecule has 0 atom stereocenters. The smallest absolute Gasteiger partial charge is 0.407 e. The quantitative estimate of drug-likeness (QED) is 0.487. The average Bonchev–Trinajstić information content (AvgIpc) is 3.19. The van der Waals surface area contributed by atoms with Gasteiger partial charge in [0.25, 0.3) is 5.91 Å². The van der Waals surface area contributed by atoms with Gasteiger partial charge in [-0.3, -0.25) is 9.59 Å². The fraction of sp³-hybridized carbons (Fsp3) is 0.269. The van der Waals surface area contributed by atoms with E-state index in [2.05, 4.69) is 39.6 Å². The number of nitrogens with one attached hydrogen (secondary N) is 1. The Morgan fingerprint density at radius 1 is 1.00 bits per heavy atom. The van der Waals surface area contributed by atoms with Gasteiger partial charge in [-0.15, -0.1) is 0 Å². The van der Waals surface area contributed by atoms with Gasteiger partial charge >= 0.3 is 12.1 Å². The standard InChI is InChI=1S/C26H26N4O5/c1-30(12-6-11-24(31)32)25(33)17-13-27-23(28-14-17)15-29-26(34)35-16-22-20-9-4-2-7-18(20)19-8-3-5-10-21(19)22/h2-5,7-10,13-14,22H,6,11-12,15-16H2,1H3,(H,29,34)(H,31,32). The molecule has 0 radical (unpaired) electrons. The molecule has 9 heteroatoms. The predicted molar refractivity (Wildman–Crippen MR) is 128 cm³/mol. The molecular formula is C26H26N4O5. The first-order valence-electron chi connectivity index (χ1n) is 11.3. The zero-order valence-electron chi connectivity index (χ0n) is 19.3. The molecule has 1 aliphatic carbocycles. The normalized spacial score (nSPS) is 11.9. The van der Waals surface area contributed by atoms with Gasteiger partial charge in [0.2, 0.25) is 0 Å². The first kappa shape index (κ1) is 23.9. The number of carboxylic acid groups (broad SMARTS) is 1. The topological polar surface area (TPSA) is 122 Å². The molecule has 0 saturated heterocycles. The van der Waals surface area contributed by atoms with Crippen molar-refractivity contribution < 1.29 is 24.2 Å². The van der Waals surface area contributed by atoms with Crippen molar-refractivity contribution in [3.05, 3.63) is 83.4 Å². The van der Waals surface area contributed by atoms with Gasteiger partial charge in [-0.05, 0) is 28.7 Å². The van der Waals surface area contributed by atoms with Gasteiger partial charge in [-0.1, -0.05) is 48.5 Å². The van der Waals surface area contributed by atoms with Gasteiger partial charge < -0.3 is 20.1 Å². The monoisotopic (exact) mass is 474 g/mol. The van der Waals surface area contributed by atoms with Crippen LogP contribution in [0.5, 0.6) is 0 Å². The van der Waals surface area contributed by atoms with Crippen molar-refractivity contribution in [1.29, 1.82) is 0 Å². The summed E-state index contributed by atoms with van der Waals surface area (Å²) in [5, 5.41) is 11.4. The summed E-state index contributed by atoms with van der Waals surface area (Å²) in [6, 6.07) is 16.2. The summed E-state index contributed by atoms with van der Waals surface area (Å²) in [4.78, 5) is 45.0. The summed E-state index contributed by atoms with van der Waals surface area (Å²) in [5.41, 5.74) is 4.88. The van der Waals surface area contributed by atoms with Crippen molar-refractivity contribution in [2.75, 3.05) is 20.2 Å². The van der Waals surface area contributed by atoms with Gasteiger partial charge in [0.05, 0.1) is 12.1 Å². The van der Waals surface area contributed by atoms with Gasteiger partial charge in [0.1, 0.15) is 12.4 Å². The maximum absolute atomic E-state index is 12.4. The number of alkyl carbamates (subject to hydrolysis) is 1. The number of aliphatic carboxylic acids is 1. The molecule has 3 aromatic rings. The molecule has 4 rings (SSSR count). The second-order valence-electron chi connectivity index (χ2n) is 8.29. The molecule has 0 spiro atoms. The fourth-order valence-electron chi connectivity index (χ4n) is 4.15. The van der Waals surface area contributed by atoms with Gasteiger partial charge in [-0.2, -0.15) is 0 Å². The van der Waals surface area contributed by atoms with Crippen LogP contribution in [0.15, 0.2) is 60.9 Å². The molecule has 9 nitrogen and oxygen atoms in total. The number of carbonyl (C=O) groups is 3. The van der Waals surface area contributed by atoms with Crippen molar-refractivity contribution >= 4 is 18.0 Å². The number of amides is 2. The van der Waals surface area contributed by atoms with Crippen LogP contribution in [0.3, 0.4) is 0 Å². The van der Waals surface area contributed by atoms with Crippen molar-refractivity contribution in [3.63, 3.8) is 0 Å². The molecule has 35 heavy (non-hydrogen) atoms. The third-order valence-electron chi connectivity index (χ3n) is 5.92. The summed E-state index contributed by atoms with van der Waals surface area (Å²) in [5.74, 6) is -0.889. The second-order valence-corrected chi connectivity index (χ2v) is 8.29. The lowest BCUT2D eigenvalue weighted by Gasteiger charge is -2.16. The van der Waals surface area contributed by atoms with Crippen molar-refractivity contribution in [2.45, 2.75) is 25.3 Å². The van der Waals surface area contributed by atoms with E-state index >= 15 is 0 Å². The number of nitrogens with zero attached hydrogens (tertiary/aromatic N) is 3. The number of carboxylic acids is 1. The highest BCUT2D eigenvalue weighted by atomic mass is 16.5. The largest absolute Gasteiger partial charge is 0.481 e. The molecule has 2 amide bonds. The van der Waals surface area contributed by atoms with Crippen LogP contribution in [0.4, 0.5) is 4.79 Å². The van der Waals surface area contributed by atoms with E-state index in [-0.39, 0.29) is 37.0 Å². The lowest BCUT2D eigenvalue weighted by Crippen LogP contribution is -2.29. The van der Waals surface area contributed by atoms with Crippen molar-refractivity contribution in [1.82, 2.24) is 20.2 Å². The van der Waals surface area contributed by atoms with E-state index < -0.39 is 12.1 Å². The number of aromatic nitrogens is 2. The number of carbonyl (C=O) groups excluding carboxylic acids is 2. The lowest BCUT2D eigenvalue weighted by molar-refractivity contribution is -0.137. The summed E-state index contributed by atoms with van der Waals surface area (Å²) in [6.07, 6.45) is 2.55. The zero-order valence-corrected chi connectivity index (χ0v) is 19.3. The average molecular weight is 475 g/mol. The van der Waals surface area contributed by atoms with E-state index in [4.69, 9.17) is 9.84 Å². The molecule has 1 aromatic heterocycles. The van der Waals surface area contributed by atoms with E-state index in [0.29, 0.717) is 18.8 Å². The number of hydrogen-bond donors (Lipinski definition) is 2. The molecule has 2 N–H and O–H groups in total. The molecule has 0 bridgehead atoms. The molecular weight excluding hydrogens is 448 g/mol. The zero-order chi connectivity index (χ0) is 24.8. The lowest BCUT2D eigenvalue weighted by atomic mass is 9.98. The Labute approximate surface area is 202 Å². The van der Waals surface area contributed by atoms with Gasteiger partial charge in [0, 0.05) is 38.3 Å². The Kier molecular flexibility index (Phi) is 7.35. The minimum Gasteiger partial charge on any atom is -0.481 e. The summed E-state index contributed by atoms with van der Waals surface area (Å²) >= 11 is 0. The number of rotatable bonds is 9. The third kappa shape index (κ3) is 5.63. The second kappa shape index (κ2) is 10.8. The van der Waals surface area contributed by atoms with Gasteiger partial charge in [-0.25, -0.2) is 14.8 Å². The highest BCUT2D eigenvalue weighted by Gasteiger charge is 2.29. The van der Waals surface area contributed by atoms with Crippen molar-refractivity contribution in [2.24, 2.45) is 0 Å². The number of benzene rings is 2. The first-order valence-corrected chi connectivity index (χ1v) is 11.3. The summed E-state index contributed by atoms with van der Waals surface area (Å²) in [7, 11) is 1.59. The molecule has 0 saturated carbocycles. The fourth-order valence-corrected chi connectivity index (χ4v) is 4.15. The molecule has 2 aromatic carbocycles. The van der Waals surface area contributed by atoms with Gasteiger partial charge in [0.15, 0.2) is 0 Å². The van der Waals surface area contributed by atoms with Crippen LogP contribution in [0.2, 0.25) is 0 Å². The van der Waals surface area contributed by atoms with Crippen LogP contribution in [0.25, 0.3) is 11.1 Å². The van der Waals surface area contributed by atoms with Crippen LogP contribution in [-0.2, 0) is 16.1 Å². The predicted octanol–water partition coefficient (Wildman–Crippen LogP) is 3.45.